The van der Waals surface area contributed by atoms with Gasteiger partial charge in [-0.05, 0) is 44.2 Å². The Morgan fingerprint density at radius 1 is 1.14 bits per heavy atom. The zero-order chi connectivity index (χ0) is 14.8. The number of anilines is 1. The number of fused-ring (bicyclic) bond motifs is 1. The Hall–Kier alpha value is -1.81. The molecule has 0 saturated carbocycles. The molecule has 3 aromatic rings. The summed E-state index contributed by atoms with van der Waals surface area (Å²) in [6, 6.07) is 16.9. The van der Waals surface area contributed by atoms with Crippen LogP contribution >= 0.6 is 15.9 Å². The van der Waals surface area contributed by atoms with E-state index in [4.69, 9.17) is 4.98 Å². The molecule has 0 atom stereocenters. The normalized spacial score (nSPS) is 11.2. The SMILES string of the molecule is CC(C)n1c(CNc2ccccc2)nc2cc(Br)ccc21. The first-order valence-electron chi connectivity index (χ1n) is 7.10. The molecule has 0 aliphatic rings. The minimum absolute atomic E-state index is 0.378. The molecule has 108 valence electrons. The lowest BCUT2D eigenvalue weighted by Gasteiger charge is -2.14. The number of para-hydroxylation sites is 1. The van der Waals surface area contributed by atoms with Crippen LogP contribution in [0.3, 0.4) is 0 Å². The zero-order valence-corrected chi connectivity index (χ0v) is 13.8. The number of hydrogen-bond acceptors (Lipinski definition) is 2. The number of imidazole rings is 1. The van der Waals surface area contributed by atoms with Gasteiger partial charge in [0.2, 0.25) is 0 Å². The molecule has 0 unspecified atom stereocenters. The molecule has 1 heterocycles. The number of nitrogens with zero attached hydrogens (tertiary/aromatic N) is 2. The average Bonchev–Trinajstić information content (AvgIpc) is 2.83. The summed E-state index contributed by atoms with van der Waals surface area (Å²) < 4.78 is 3.35. The van der Waals surface area contributed by atoms with Crippen LogP contribution in [0, 0.1) is 0 Å². The minimum atomic E-state index is 0.378. The highest BCUT2D eigenvalue weighted by Gasteiger charge is 2.13. The van der Waals surface area contributed by atoms with E-state index in [1.54, 1.807) is 0 Å². The van der Waals surface area contributed by atoms with E-state index in [1.807, 2.05) is 18.2 Å². The van der Waals surface area contributed by atoms with Gasteiger partial charge in [0.25, 0.3) is 0 Å². The van der Waals surface area contributed by atoms with Crippen molar-refractivity contribution >= 4 is 32.7 Å². The molecular formula is C17H18BrN3. The first kappa shape index (κ1) is 14.1. The van der Waals surface area contributed by atoms with Crippen LogP contribution in [0.2, 0.25) is 0 Å². The zero-order valence-electron chi connectivity index (χ0n) is 12.2. The summed E-state index contributed by atoms with van der Waals surface area (Å²) in [6.45, 7) is 5.10. The van der Waals surface area contributed by atoms with Crippen LogP contribution in [0.15, 0.2) is 53.0 Å². The van der Waals surface area contributed by atoms with Crippen LogP contribution in [0.5, 0.6) is 0 Å². The van der Waals surface area contributed by atoms with Crippen molar-refractivity contribution in [2.75, 3.05) is 5.32 Å². The van der Waals surface area contributed by atoms with Crippen LogP contribution in [0.25, 0.3) is 11.0 Å². The second-order valence-electron chi connectivity index (χ2n) is 5.34. The van der Waals surface area contributed by atoms with Crippen LogP contribution < -0.4 is 5.32 Å². The number of nitrogens with one attached hydrogen (secondary N) is 1. The van der Waals surface area contributed by atoms with Gasteiger partial charge < -0.3 is 9.88 Å². The third kappa shape index (κ3) is 2.95. The molecule has 0 radical (unpaired) electrons. The van der Waals surface area contributed by atoms with Crippen LogP contribution in [-0.2, 0) is 6.54 Å². The largest absolute Gasteiger partial charge is 0.378 e. The molecule has 1 aromatic heterocycles. The molecule has 4 heteroatoms. The lowest BCUT2D eigenvalue weighted by atomic mass is 10.3. The van der Waals surface area contributed by atoms with E-state index in [9.17, 15) is 0 Å². The number of benzene rings is 2. The summed E-state index contributed by atoms with van der Waals surface area (Å²) in [6.07, 6.45) is 0. The highest BCUT2D eigenvalue weighted by atomic mass is 79.9. The molecule has 0 aliphatic heterocycles. The van der Waals surface area contributed by atoms with Crippen molar-refractivity contribution in [1.29, 1.82) is 0 Å². The number of halogens is 1. The molecule has 0 saturated heterocycles. The van der Waals surface area contributed by atoms with E-state index in [0.717, 1.165) is 21.5 Å². The molecule has 3 nitrogen and oxygen atoms in total. The van der Waals surface area contributed by atoms with E-state index in [0.29, 0.717) is 12.6 Å². The standard InChI is InChI=1S/C17H18BrN3/c1-12(2)21-16-9-8-13(18)10-15(16)20-17(21)11-19-14-6-4-3-5-7-14/h3-10,12,19H,11H2,1-2H3. The maximum Gasteiger partial charge on any atom is 0.129 e. The Labute approximate surface area is 133 Å². The van der Waals surface area contributed by atoms with E-state index in [1.165, 1.54) is 5.52 Å². The molecule has 3 rings (SSSR count). The molecule has 2 aromatic carbocycles. The summed E-state index contributed by atoms with van der Waals surface area (Å²) >= 11 is 3.51. The first-order valence-corrected chi connectivity index (χ1v) is 7.90. The predicted molar refractivity (Wildman–Crippen MR) is 91.6 cm³/mol. The van der Waals surface area contributed by atoms with Crippen molar-refractivity contribution in [1.82, 2.24) is 9.55 Å². The molecule has 21 heavy (non-hydrogen) atoms. The van der Waals surface area contributed by atoms with Crippen molar-refractivity contribution in [2.24, 2.45) is 0 Å². The van der Waals surface area contributed by atoms with E-state index in [2.05, 4.69) is 70.0 Å². The predicted octanol–water partition coefficient (Wildman–Crippen LogP) is 4.99. The molecule has 0 bridgehead atoms. The van der Waals surface area contributed by atoms with Crippen molar-refractivity contribution < 1.29 is 0 Å². The Morgan fingerprint density at radius 2 is 1.90 bits per heavy atom. The van der Waals surface area contributed by atoms with Crippen LogP contribution in [-0.4, -0.2) is 9.55 Å². The van der Waals surface area contributed by atoms with Gasteiger partial charge in [0.05, 0.1) is 17.6 Å². The number of rotatable bonds is 4. The van der Waals surface area contributed by atoms with E-state index >= 15 is 0 Å². The van der Waals surface area contributed by atoms with Gasteiger partial charge in [-0.3, -0.25) is 0 Å². The summed E-state index contributed by atoms with van der Waals surface area (Å²) in [5, 5.41) is 3.44. The molecule has 1 N–H and O–H groups in total. The van der Waals surface area contributed by atoms with Crippen LogP contribution in [0.1, 0.15) is 25.7 Å². The summed E-state index contributed by atoms with van der Waals surface area (Å²) in [7, 11) is 0. The second-order valence-corrected chi connectivity index (χ2v) is 6.26. The van der Waals surface area contributed by atoms with E-state index in [-0.39, 0.29) is 0 Å². The lowest BCUT2D eigenvalue weighted by molar-refractivity contribution is 0.589. The van der Waals surface area contributed by atoms with Gasteiger partial charge in [-0.1, -0.05) is 34.1 Å². The van der Waals surface area contributed by atoms with Crippen LogP contribution in [0.4, 0.5) is 5.69 Å². The van der Waals surface area contributed by atoms with Crippen molar-refractivity contribution in [3.05, 3.63) is 58.8 Å². The molecule has 0 fully saturated rings. The third-order valence-corrected chi connectivity index (χ3v) is 3.96. The fourth-order valence-electron chi connectivity index (χ4n) is 2.56. The molecule has 0 amide bonds. The van der Waals surface area contributed by atoms with Crippen molar-refractivity contribution in [3.63, 3.8) is 0 Å². The minimum Gasteiger partial charge on any atom is -0.378 e. The summed E-state index contributed by atoms with van der Waals surface area (Å²) in [5.74, 6) is 1.06. The van der Waals surface area contributed by atoms with Gasteiger partial charge in [-0.2, -0.15) is 0 Å². The topological polar surface area (TPSA) is 29.9 Å². The molecular weight excluding hydrogens is 326 g/mol. The lowest BCUT2D eigenvalue weighted by Crippen LogP contribution is -2.10. The third-order valence-electron chi connectivity index (χ3n) is 3.47. The summed E-state index contributed by atoms with van der Waals surface area (Å²) in [4.78, 5) is 4.78. The van der Waals surface area contributed by atoms with Crippen molar-refractivity contribution in [2.45, 2.75) is 26.4 Å². The summed E-state index contributed by atoms with van der Waals surface area (Å²) in [5.41, 5.74) is 3.32. The monoisotopic (exact) mass is 343 g/mol. The van der Waals surface area contributed by atoms with Gasteiger partial charge in [-0.25, -0.2) is 4.98 Å². The first-order chi connectivity index (χ1) is 10.1. The quantitative estimate of drug-likeness (QED) is 0.722. The van der Waals surface area contributed by atoms with Gasteiger partial charge >= 0.3 is 0 Å². The number of aromatic nitrogens is 2. The maximum atomic E-state index is 4.78. The maximum absolute atomic E-state index is 4.78. The Morgan fingerprint density at radius 3 is 2.62 bits per heavy atom. The molecule has 0 aliphatic carbocycles. The Balaban J connectivity index is 1.95. The Kier molecular flexibility index (Phi) is 3.97. The van der Waals surface area contributed by atoms with Gasteiger partial charge in [-0.15, -0.1) is 0 Å². The van der Waals surface area contributed by atoms with Gasteiger partial charge in [0.1, 0.15) is 5.82 Å². The average molecular weight is 344 g/mol. The number of hydrogen-bond donors (Lipinski definition) is 1. The fourth-order valence-corrected chi connectivity index (χ4v) is 2.91. The highest BCUT2D eigenvalue weighted by Crippen LogP contribution is 2.24. The fraction of sp³-hybridized carbons (Fsp3) is 0.235. The van der Waals surface area contributed by atoms with Gasteiger partial charge in [0.15, 0.2) is 0 Å². The van der Waals surface area contributed by atoms with E-state index < -0.39 is 0 Å². The van der Waals surface area contributed by atoms with Gasteiger partial charge in [0, 0.05) is 16.2 Å². The second kappa shape index (κ2) is 5.90. The smallest absolute Gasteiger partial charge is 0.129 e. The van der Waals surface area contributed by atoms with Crippen molar-refractivity contribution in [3.8, 4) is 0 Å². The Bertz CT molecular complexity index is 747. The highest BCUT2D eigenvalue weighted by molar-refractivity contribution is 9.10. The molecule has 0 spiro atoms.